The Morgan fingerprint density at radius 3 is 2.53 bits per heavy atom. The van der Waals surface area contributed by atoms with Crippen molar-refractivity contribution < 1.29 is 9.84 Å². The number of hydrogen-bond acceptors (Lipinski definition) is 3. The first-order valence-corrected chi connectivity index (χ1v) is 7.54. The van der Waals surface area contributed by atoms with Crippen molar-refractivity contribution in [3.63, 3.8) is 0 Å². The summed E-state index contributed by atoms with van der Waals surface area (Å²) in [6.07, 6.45) is 1.65. The predicted molar refractivity (Wildman–Crippen MR) is 80.0 cm³/mol. The van der Waals surface area contributed by atoms with E-state index in [1.807, 2.05) is 42.6 Å². The van der Waals surface area contributed by atoms with Gasteiger partial charge in [0.2, 0.25) is 0 Å². The van der Waals surface area contributed by atoms with Crippen molar-refractivity contribution in [2.24, 2.45) is 0 Å². The van der Waals surface area contributed by atoms with Crippen LogP contribution in [-0.4, -0.2) is 11.7 Å². The highest BCUT2D eigenvalue weighted by molar-refractivity contribution is 7.10. The fraction of sp³-hybridized carbons (Fsp3) is 0.375. The second-order valence-electron chi connectivity index (χ2n) is 4.66. The van der Waals surface area contributed by atoms with Gasteiger partial charge in [-0.15, -0.1) is 11.3 Å². The molecule has 1 N–H and O–H groups in total. The van der Waals surface area contributed by atoms with Crippen molar-refractivity contribution in [2.45, 2.75) is 32.8 Å². The standard InChI is InChI=1S/C16H20O2S/c1-3-4-9-18-15-7-5-13(6-8-15)16(17)14-10-12(2)19-11-14/h5-8,10-11,16-17H,3-4,9H2,1-2H3. The zero-order chi connectivity index (χ0) is 13.7. The molecule has 0 bridgehead atoms. The number of hydrogen-bond donors (Lipinski definition) is 1. The minimum Gasteiger partial charge on any atom is -0.494 e. The van der Waals surface area contributed by atoms with E-state index in [1.54, 1.807) is 11.3 Å². The number of ether oxygens (including phenoxy) is 1. The van der Waals surface area contributed by atoms with Gasteiger partial charge in [0.05, 0.1) is 6.61 Å². The lowest BCUT2D eigenvalue weighted by Crippen LogP contribution is -1.99. The summed E-state index contributed by atoms with van der Waals surface area (Å²) >= 11 is 1.66. The number of aliphatic hydroxyl groups is 1. The molecule has 2 nitrogen and oxygen atoms in total. The largest absolute Gasteiger partial charge is 0.494 e. The summed E-state index contributed by atoms with van der Waals surface area (Å²) in [4.78, 5) is 1.22. The molecule has 1 unspecified atom stereocenters. The summed E-state index contributed by atoms with van der Waals surface area (Å²) in [6.45, 7) is 4.94. The Kier molecular flexibility index (Phi) is 5.00. The lowest BCUT2D eigenvalue weighted by Gasteiger charge is -2.11. The van der Waals surface area contributed by atoms with Crippen molar-refractivity contribution in [3.8, 4) is 5.75 Å². The van der Waals surface area contributed by atoms with Gasteiger partial charge in [0, 0.05) is 4.88 Å². The summed E-state index contributed by atoms with van der Waals surface area (Å²) in [5, 5.41) is 12.3. The van der Waals surface area contributed by atoms with Crippen LogP contribution in [0.2, 0.25) is 0 Å². The van der Waals surface area contributed by atoms with Crippen molar-refractivity contribution in [1.82, 2.24) is 0 Å². The van der Waals surface area contributed by atoms with E-state index in [-0.39, 0.29) is 0 Å². The first-order valence-electron chi connectivity index (χ1n) is 6.66. The minimum absolute atomic E-state index is 0.547. The number of aryl methyl sites for hydroxylation is 1. The highest BCUT2D eigenvalue weighted by Crippen LogP contribution is 2.27. The van der Waals surface area contributed by atoms with E-state index < -0.39 is 6.10 Å². The third kappa shape index (κ3) is 3.82. The molecule has 1 atom stereocenters. The van der Waals surface area contributed by atoms with Crippen molar-refractivity contribution in [3.05, 3.63) is 51.7 Å². The molecule has 2 rings (SSSR count). The molecule has 0 saturated heterocycles. The number of benzene rings is 1. The van der Waals surface area contributed by atoms with E-state index in [4.69, 9.17) is 4.74 Å². The molecule has 0 saturated carbocycles. The van der Waals surface area contributed by atoms with Gasteiger partial charge in [0.25, 0.3) is 0 Å². The summed E-state index contributed by atoms with van der Waals surface area (Å²) in [6, 6.07) is 9.74. The minimum atomic E-state index is -0.547. The maximum absolute atomic E-state index is 10.3. The van der Waals surface area contributed by atoms with Crippen LogP contribution in [0.1, 0.15) is 41.9 Å². The molecule has 0 aliphatic heterocycles. The molecule has 0 amide bonds. The normalized spacial score (nSPS) is 12.4. The molecule has 0 aliphatic carbocycles. The van der Waals surface area contributed by atoms with Crippen LogP contribution in [-0.2, 0) is 0 Å². The molecule has 1 aromatic heterocycles. The SMILES string of the molecule is CCCCOc1ccc(C(O)c2csc(C)c2)cc1. The van der Waals surface area contributed by atoms with Gasteiger partial charge in [-0.2, -0.15) is 0 Å². The van der Waals surface area contributed by atoms with Gasteiger partial charge >= 0.3 is 0 Å². The molecular weight excluding hydrogens is 256 g/mol. The molecule has 1 heterocycles. The smallest absolute Gasteiger partial charge is 0.119 e. The fourth-order valence-electron chi connectivity index (χ4n) is 1.88. The molecule has 0 aliphatic rings. The summed E-state index contributed by atoms with van der Waals surface area (Å²) in [5.41, 5.74) is 1.86. The van der Waals surface area contributed by atoms with Gasteiger partial charge < -0.3 is 9.84 Å². The van der Waals surface area contributed by atoms with Crippen LogP contribution >= 0.6 is 11.3 Å². The third-order valence-electron chi connectivity index (χ3n) is 3.03. The van der Waals surface area contributed by atoms with E-state index in [1.165, 1.54) is 4.88 Å². The Hall–Kier alpha value is -1.32. The van der Waals surface area contributed by atoms with Crippen molar-refractivity contribution in [1.29, 1.82) is 0 Å². The van der Waals surface area contributed by atoms with Gasteiger partial charge in [-0.05, 0) is 48.1 Å². The maximum Gasteiger partial charge on any atom is 0.119 e. The molecule has 102 valence electrons. The van der Waals surface area contributed by atoms with Gasteiger partial charge in [-0.1, -0.05) is 25.5 Å². The first-order chi connectivity index (χ1) is 9.20. The highest BCUT2D eigenvalue weighted by Gasteiger charge is 2.11. The second-order valence-corrected chi connectivity index (χ2v) is 5.78. The predicted octanol–water partition coefficient (Wildman–Crippen LogP) is 4.32. The van der Waals surface area contributed by atoms with Gasteiger partial charge in [0.15, 0.2) is 0 Å². The third-order valence-corrected chi connectivity index (χ3v) is 3.91. The van der Waals surface area contributed by atoms with Crippen LogP contribution in [0, 0.1) is 6.92 Å². The zero-order valence-electron chi connectivity index (χ0n) is 11.4. The van der Waals surface area contributed by atoms with E-state index in [2.05, 4.69) is 6.92 Å². The Labute approximate surface area is 118 Å². The number of rotatable bonds is 6. The summed E-state index contributed by atoms with van der Waals surface area (Å²) in [7, 11) is 0. The second kappa shape index (κ2) is 6.73. The number of unbranched alkanes of at least 4 members (excludes halogenated alkanes) is 1. The van der Waals surface area contributed by atoms with Crippen LogP contribution in [0.5, 0.6) is 5.75 Å². The van der Waals surface area contributed by atoms with Crippen LogP contribution < -0.4 is 4.74 Å². The van der Waals surface area contributed by atoms with E-state index in [0.717, 1.165) is 36.3 Å². The van der Waals surface area contributed by atoms with Gasteiger partial charge in [0.1, 0.15) is 11.9 Å². The molecule has 0 spiro atoms. The first kappa shape index (κ1) is 14.1. The van der Waals surface area contributed by atoms with Crippen molar-refractivity contribution in [2.75, 3.05) is 6.61 Å². The lowest BCUT2D eigenvalue weighted by atomic mass is 10.0. The molecular formula is C16H20O2S. The lowest BCUT2D eigenvalue weighted by molar-refractivity contribution is 0.220. The molecule has 0 radical (unpaired) electrons. The van der Waals surface area contributed by atoms with Crippen LogP contribution in [0.25, 0.3) is 0 Å². The van der Waals surface area contributed by atoms with Crippen molar-refractivity contribution >= 4 is 11.3 Å². The Morgan fingerprint density at radius 1 is 1.21 bits per heavy atom. The average Bonchev–Trinajstić information content (AvgIpc) is 2.86. The van der Waals surface area contributed by atoms with Crippen LogP contribution in [0.4, 0.5) is 0 Å². The molecule has 19 heavy (non-hydrogen) atoms. The van der Waals surface area contributed by atoms with Crippen LogP contribution in [0.15, 0.2) is 35.7 Å². The van der Waals surface area contributed by atoms with Gasteiger partial charge in [-0.3, -0.25) is 0 Å². The quantitative estimate of drug-likeness (QED) is 0.796. The molecule has 1 aromatic carbocycles. The number of thiophene rings is 1. The Balaban J connectivity index is 2.01. The van der Waals surface area contributed by atoms with E-state index >= 15 is 0 Å². The average molecular weight is 276 g/mol. The number of aliphatic hydroxyl groups excluding tert-OH is 1. The maximum atomic E-state index is 10.3. The summed E-state index contributed by atoms with van der Waals surface area (Å²) in [5.74, 6) is 0.867. The van der Waals surface area contributed by atoms with Crippen LogP contribution in [0.3, 0.4) is 0 Å². The molecule has 3 heteroatoms. The van der Waals surface area contributed by atoms with E-state index in [0.29, 0.717) is 0 Å². The van der Waals surface area contributed by atoms with E-state index in [9.17, 15) is 5.11 Å². The molecule has 2 aromatic rings. The Bertz CT molecular complexity index is 502. The fourth-order valence-corrected chi connectivity index (χ4v) is 2.60. The molecule has 0 fully saturated rings. The zero-order valence-corrected chi connectivity index (χ0v) is 12.2. The monoisotopic (exact) mass is 276 g/mol. The topological polar surface area (TPSA) is 29.5 Å². The van der Waals surface area contributed by atoms with Gasteiger partial charge in [-0.25, -0.2) is 0 Å². The summed E-state index contributed by atoms with van der Waals surface area (Å²) < 4.78 is 5.61. The highest BCUT2D eigenvalue weighted by atomic mass is 32.1. The Morgan fingerprint density at radius 2 is 1.95 bits per heavy atom.